The Bertz CT molecular complexity index is 378. The summed E-state index contributed by atoms with van der Waals surface area (Å²) in [5, 5.41) is 3.06. The zero-order valence-electron chi connectivity index (χ0n) is 11.1. The molecule has 2 rings (SSSR count). The number of hydrogen-bond donors (Lipinski definition) is 1. The number of nitrogens with zero attached hydrogens (tertiary/aromatic N) is 2. The molecule has 1 aromatic heterocycles. The number of aromatic nitrogens is 2. The molecule has 1 fully saturated rings. The van der Waals surface area contributed by atoms with Gasteiger partial charge < -0.3 is 14.8 Å². The molecule has 2 heterocycles. The molecule has 5 heteroatoms. The summed E-state index contributed by atoms with van der Waals surface area (Å²) in [6, 6.07) is 0. The fraction of sp³-hybridized carbons (Fsp3) is 0.692. The molecule has 1 atom stereocenters. The molecule has 18 heavy (non-hydrogen) atoms. The molecular weight excluding hydrogens is 230 g/mol. The van der Waals surface area contributed by atoms with Crippen LogP contribution in [-0.2, 0) is 11.2 Å². The van der Waals surface area contributed by atoms with Crippen LogP contribution in [0, 0.1) is 0 Å². The lowest BCUT2D eigenvalue weighted by Gasteiger charge is -2.23. The van der Waals surface area contributed by atoms with Gasteiger partial charge in [0.2, 0.25) is 5.88 Å². The third-order valence-corrected chi connectivity index (χ3v) is 3.18. The summed E-state index contributed by atoms with van der Waals surface area (Å²) in [5.41, 5.74) is 1.02. The van der Waals surface area contributed by atoms with Crippen molar-refractivity contribution in [3.63, 3.8) is 0 Å². The van der Waals surface area contributed by atoms with Gasteiger partial charge in [-0.05, 0) is 25.7 Å². The maximum absolute atomic E-state index is 5.79. The van der Waals surface area contributed by atoms with E-state index in [-0.39, 0.29) is 6.10 Å². The molecule has 1 N–H and O–H groups in total. The Kier molecular flexibility index (Phi) is 4.75. The van der Waals surface area contributed by atoms with Gasteiger partial charge in [-0.3, -0.25) is 0 Å². The average molecular weight is 251 g/mol. The van der Waals surface area contributed by atoms with Crippen LogP contribution in [0.1, 0.15) is 31.7 Å². The van der Waals surface area contributed by atoms with E-state index in [0.717, 1.165) is 37.3 Å². The Morgan fingerprint density at radius 3 is 3.00 bits per heavy atom. The van der Waals surface area contributed by atoms with Crippen molar-refractivity contribution in [2.45, 2.75) is 38.7 Å². The Morgan fingerprint density at radius 1 is 1.44 bits per heavy atom. The predicted octanol–water partition coefficient (Wildman–Crippen LogP) is 2.03. The first-order valence-corrected chi connectivity index (χ1v) is 6.61. The molecule has 0 saturated carbocycles. The summed E-state index contributed by atoms with van der Waals surface area (Å²) in [6.07, 6.45) is 6.04. The summed E-state index contributed by atoms with van der Waals surface area (Å²) in [4.78, 5) is 8.40. The molecule has 1 saturated heterocycles. The van der Waals surface area contributed by atoms with Crippen LogP contribution < -0.4 is 10.1 Å². The third-order valence-electron chi connectivity index (χ3n) is 3.18. The minimum atomic E-state index is 0.205. The van der Waals surface area contributed by atoms with Crippen LogP contribution in [0.4, 0.5) is 5.82 Å². The standard InChI is InChI=1S/C13H21N3O2/c1-3-11-12(14-2)15-9-16-13(11)18-8-10-6-4-5-7-17-10/h9-10H,3-8H2,1-2H3,(H,14,15,16). The molecule has 100 valence electrons. The van der Waals surface area contributed by atoms with Gasteiger partial charge in [0.15, 0.2) is 0 Å². The van der Waals surface area contributed by atoms with Gasteiger partial charge in [-0.2, -0.15) is 0 Å². The summed E-state index contributed by atoms with van der Waals surface area (Å²) in [5.74, 6) is 1.51. The van der Waals surface area contributed by atoms with Crippen LogP contribution in [0.5, 0.6) is 5.88 Å². The molecule has 5 nitrogen and oxygen atoms in total. The van der Waals surface area contributed by atoms with Crippen molar-refractivity contribution in [3.8, 4) is 5.88 Å². The molecule has 1 aliphatic rings. The molecule has 1 aliphatic heterocycles. The van der Waals surface area contributed by atoms with Crippen molar-refractivity contribution in [2.75, 3.05) is 25.6 Å². The molecule has 0 bridgehead atoms. The van der Waals surface area contributed by atoms with Crippen LogP contribution in [0.25, 0.3) is 0 Å². The minimum absolute atomic E-state index is 0.205. The fourth-order valence-electron chi connectivity index (χ4n) is 2.17. The highest BCUT2D eigenvalue weighted by atomic mass is 16.5. The first-order chi connectivity index (χ1) is 8.85. The molecular formula is C13H21N3O2. The number of anilines is 1. The fourth-order valence-corrected chi connectivity index (χ4v) is 2.17. The molecule has 1 unspecified atom stereocenters. The van der Waals surface area contributed by atoms with Gasteiger partial charge in [-0.1, -0.05) is 6.92 Å². The molecule has 0 amide bonds. The second kappa shape index (κ2) is 6.54. The lowest BCUT2D eigenvalue weighted by molar-refractivity contribution is -0.0121. The van der Waals surface area contributed by atoms with Crippen LogP contribution in [0.15, 0.2) is 6.33 Å². The second-order valence-electron chi connectivity index (χ2n) is 4.41. The van der Waals surface area contributed by atoms with Crippen molar-refractivity contribution >= 4 is 5.82 Å². The van der Waals surface area contributed by atoms with Crippen molar-refractivity contribution < 1.29 is 9.47 Å². The number of rotatable bonds is 5. The normalized spacial score (nSPS) is 19.6. The highest BCUT2D eigenvalue weighted by molar-refractivity contribution is 5.48. The number of ether oxygens (including phenoxy) is 2. The van der Waals surface area contributed by atoms with Gasteiger partial charge in [0.05, 0.1) is 11.7 Å². The van der Waals surface area contributed by atoms with E-state index in [9.17, 15) is 0 Å². The topological polar surface area (TPSA) is 56.3 Å². The Labute approximate surface area is 108 Å². The van der Waals surface area contributed by atoms with Crippen LogP contribution in [-0.4, -0.2) is 36.3 Å². The van der Waals surface area contributed by atoms with Gasteiger partial charge in [0.1, 0.15) is 18.8 Å². The molecule has 0 aliphatic carbocycles. The molecule has 0 aromatic carbocycles. The van der Waals surface area contributed by atoms with Gasteiger partial charge in [0.25, 0.3) is 0 Å². The Morgan fingerprint density at radius 2 is 2.33 bits per heavy atom. The van der Waals surface area contributed by atoms with Crippen molar-refractivity contribution in [3.05, 3.63) is 11.9 Å². The Balaban J connectivity index is 1.99. The lowest BCUT2D eigenvalue weighted by atomic mass is 10.1. The van der Waals surface area contributed by atoms with Crippen molar-refractivity contribution in [2.24, 2.45) is 0 Å². The Hall–Kier alpha value is -1.36. The SMILES string of the molecule is CCc1c(NC)ncnc1OCC1CCCCO1. The minimum Gasteiger partial charge on any atom is -0.475 e. The largest absolute Gasteiger partial charge is 0.475 e. The maximum Gasteiger partial charge on any atom is 0.221 e. The van der Waals surface area contributed by atoms with E-state index in [0.29, 0.717) is 12.5 Å². The molecule has 0 radical (unpaired) electrons. The van der Waals surface area contributed by atoms with Crippen LogP contribution >= 0.6 is 0 Å². The van der Waals surface area contributed by atoms with E-state index < -0.39 is 0 Å². The smallest absolute Gasteiger partial charge is 0.221 e. The van der Waals surface area contributed by atoms with E-state index in [2.05, 4.69) is 22.2 Å². The summed E-state index contributed by atoms with van der Waals surface area (Å²) in [7, 11) is 1.86. The average Bonchev–Trinajstić information content (AvgIpc) is 2.45. The van der Waals surface area contributed by atoms with E-state index in [1.54, 1.807) is 0 Å². The third kappa shape index (κ3) is 3.10. The highest BCUT2D eigenvalue weighted by Crippen LogP contribution is 2.23. The summed E-state index contributed by atoms with van der Waals surface area (Å²) < 4.78 is 11.4. The van der Waals surface area contributed by atoms with Crippen LogP contribution in [0.3, 0.4) is 0 Å². The number of nitrogens with one attached hydrogen (secondary N) is 1. The summed E-state index contributed by atoms with van der Waals surface area (Å²) in [6.45, 7) is 3.50. The van der Waals surface area contributed by atoms with Crippen molar-refractivity contribution in [1.29, 1.82) is 0 Å². The predicted molar refractivity (Wildman–Crippen MR) is 70.0 cm³/mol. The van der Waals surface area contributed by atoms with E-state index in [1.165, 1.54) is 12.7 Å². The molecule has 1 aromatic rings. The second-order valence-corrected chi connectivity index (χ2v) is 4.41. The first-order valence-electron chi connectivity index (χ1n) is 6.61. The van der Waals surface area contributed by atoms with E-state index in [4.69, 9.17) is 9.47 Å². The van der Waals surface area contributed by atoms with Gasteiger partial charge in [-0.15, -0.1) is 0 Å². The number of hydrogen-bond acceptors (Lipinski definition) is 5. The maximum atomic E-state index is 5.79. The lowest BCUT2D eigenvalue weighted by Crippen LogP contribution is -2.26. The quantitative estimate of drug-likeness (QED) is 0.867. The van der Waals surface area contributed by atoms with Gasteiger partial charge in [-0.25, -0.2) is 9.97 Å². The zero-order chi connectivity index (χ0) is 12.8. The van der Waals surface area contributed by atoms with Gasteiger partial charge >= 0.3 is 0 Å². The molecule has 0 spiro atoms. The monoisotopic (exact) mass is 251 g/mol. The highest BCUT2D eigenvalue weighted by Gasteiger charge is 2.16. The van der Waals surface area contributed by atoms with E-state index >= 15 is 0 Å². The first kappa shape index (κ1) is 13.1. The zero-order valence-corrected chi connectivity index (χ0v) is 11.1. The van der Waals surface area contributed by atoms with Crippen LogP contribution in [0.2, 0.25) is 0 Å². The van der Waals surface area contributed by atoms with Crippen molar-refractivity contribution in [1.82, 2.24) is 9.97 Å². The van der Waals surface area contributed by atoms with E-state index in [1.807, 2.05) is 7.05 Å². The summed E-state index contributed by atoms with van der Waals surface area (Å²) >= 11 is 0. The van der Waals surface area contributed by atoms with Gasteiger partial charge in [0, 0.05) is 13.7 Å².